The van der Waals surface area contributed by atoms with Crippen LogP contribution in [0.5, 0.6) is 0 Å². The number of thioether (sulfide) groups is 1. The van der Waals surface area contributed by atoms with Crippen LogP contribution in [-0.4, -0.2) is 19.3 Å². The molecule has 0 aromatic heterocycles. The summed E-state index contributed by atoms with van der Waals surface area (Å²) in [6, 6.07) is 4.85. The van der Waals surface area contributed by atoms with E-state index in [0.717, 1.165) is 49.7 Å². The second kappa shape index (κ2) is 5.51. The lowest BCUT2D eigenvalue weighted by Gasteiger charge is -2.39. The van der Waals surface area contributed by atoms with Crippen molar-refractivity contribution >= 4 is 11.8 Å². The minimum absolute atomic E-state index is 0.317. The maximum Gasteiger partial charge on any atom is 0.417 e. The molecule has 116 valence electrons. The zero-order valence-corrected chi connectivity index (χ0v) is 12.9. The minimum atomic E-state index is -4.26. The Kier molecular flexibility index (Phi) is 3.99. The summed E-state index contributed by atoms with van der Waals surface area (Å²) in [6.07, 6.45) is 1.73. The number of rotatable bonds is 3. The van der Waals surface area contributed by atoms with E-state index in [-0.39, 0.29) is 0 Å². The van der Waals surface area contributed by atoms with Gasteiger partial charge in [-0.15, -0.1) is 11.8 Å². The molecule has 5 heteroatoms. The van der Waals surface area contributed by atoms with E-state index in [1.807, 2.05) is 6.07 Å². The van der Waals surface area contributed by atoms with Crippen molar-refractivity contribution in [2.24, 2.45) is 11.3 Å². The van der Waals surface area contributed by atoms with Gasteiger partial charge < -0.3 is 5.32 Å². The molecule has 1 N–H and O–H groups in total. The van der Waals surface area contributed by atoms with Crippen LogP contribution in [0.15, 0.2) is 23.1 Å². The van der Waals surface area contributed by atoms with Crippen LogP contribution in [0.3, 0.4) is 0 Å². The third kappa shape index (κ3) is 3.09. The van der Waals surface area contributed by atoms with Crippen molar-refractivity contribution in [1.29, 1.82) is 0 Å². The molecule has 3 rings (SSSR count). The van der Waals surface area contributed by atoms with E-state index in [9.17, 15) is 13.2 Å². The molecule has 21 heavy (non-hydrogen) atoms. The molecule has 1 spiro atoms. The number of halogens is 3. The highest BCUT2D eigenvalue weighted by Gasteiger charge is 2.43. The maximum atomic E-state index is 13.1. The molecule has 0 radical (unpaired) electrons. The second-order valence-electron chi connectivity index (χ2n) is 6.45. The van der Waals surface area contributed by atoms with Gasteiger partial charge in [-0.25, -0.2) is 0 Å². The normalized spacial score (nSPS) is 24.3. The Morgan fingerprint density at radius 2 is 2.10 bits per heavy atom. The Labute approximate surface area is 127 Å². The summed E-state index contributed by atoms with van der Waals surface area (Å²) in [5.41, 5.74) is 0.802. The Hall–Kier alpha value is -0.680. The van der Waals surface area contributed by atoms with Crippen LogP contribution in [0.25, 0.3) is 0 Å². The van der Waals surface area contributed by atoms with Crippen molar-refractivity contribution in [3.8, 4) is 0 Å². The van der Waals surface area contributed by atoms with Gasteiger partial charge in [0.05, 0.1) is 5.56 Å². The minimum Gasteiger partial charge on any atom is -0.316 e. The molecule has 1 aromatic carbocycles. The SMILES string of the molecule is CSc1ccc(CC2CCC3(CNC3)C2)cc1C(F)(F)F. The van der Waals surface area contributed by atoms with Gasteiger partial charge >= 0.3 is 6.18 Å². The van der Waals surface area contributed by atoms with Crippen LogP contribution < -0.4 is 5.32 Å². The molecular formula is C16H20F3NS. The van der Waals surface area contributed by atoms with Crippen molar-refractivity contribution in [3.05, 3.63) is 29.3 Å². The van der Waals surface area contributed by atoms with E-state index in [2.05, 4.69) is 5.32 Å². The molecule has 1 saturated heterocycles. The smallest absolute Gasteiger partial charge is 0.316 e. The van der Waals surface area contributed by atoms with E-state index >= 15 is 0 Å². The molecule has 2 aliphatic rings. The first kappa shape index (κ1) is 15.2. The van der Waals surface area contributed by atoms with Crippen LogP contribution >= 0.6 is 11.8 Å². The summed E-state index contributed by atoms with van der Waals surface area (Å²) < 4.78 is 39.3. The highest BCUT2D eigenvalue weighted by atomic mass is 32.2. The summed E-state index contributed by atoms with van der Waals surface area (Å²) >= 11 is 1.16. The van der Waals surface area contributed by atoms with E-state index < -0.39 is 11.7 Å². The summed E-state index contributed by atoms with van der Waals surface area (Å²) in [5.74, 6) is 0.535. The predicted octanol–water partition coefficient (Wildman–Crippen LogP) is 4.36. The maximum absolute atomic E-state index is 13.1. The summed E-state index contributed by atoms with van der Waals surface area (Å²) in [6.45, 7) is 2.17. The van der Waals surface area contributed by atoms with Gasteiger partial charge in [-0.3, -0.25) is 0 Å². The predicted molar refractivity (Wildman–Crippen MR) is 79.6 cm³/mol. The molecule has 1 saturated carbocycles. The lowest BCUT2D eigenvalue weighted by molar-refractivity contribution is -0.139. The highest BCUT2D eigenvalue weighted by Crippen LogP contribution is 2.46. The van der Waals surface area contributed by atoms with Crippen LogP contribution in [-0.2, 0) is 12.6 Å². The quantitative estimate of drug-likeness (QED) is 0.832. The number of alkyl halides is 3. The number of nitrogens with one attached hydrogen (secondary N) is 1. The Bertz CT molecular complexity index is 523. The molecule has 1 atom stereocenters. The number of benzene rings is 1. The highest BCUT2D eigenvalue weighted by molar-refractivity contribution is 7.98. The summed E-state index contributed by atoms with van der Waals surface area (Å²) in [5, 5.41) is 3.32. The third-order valence-corrected chi connectivity index (χ3v) is 5.69. The number of hydrogen-bond acceptors (Lipinski definition) is 2. The van der Waals surface area contributed by atoms with Gasteiger partial charge in [0.1, 0.15) is 0 Å². The second-order valence-corrected chi connectivity index (χ2v) is 7.30. The Morgan fingerprint density at radius 3 is 2.62 bits per heavy atom. The number of hydrogen-bond donors (Lipinski definition) is 1. The van der Waals surface area contributed by atoms with Crippen molar-refractivity contribution in [2.75, 3.05) is 19.3 Å². The third-order valence-electron chi connectivity index (χ3n) is 4.90. The fourth-order valence-corrected chi connectivity index (χ4v) is 4.34. The monoisotopic (exact) mass is 315 g/mol. The van der Waals surface area contributed by atoms with Gasteiger partial charge in [0.25, 0.3) is 0 Å². The average molecular weight is 315 g/mol. The van der Waals surface area contributed by atoms with Gasteiger partial charge in [-0.1, -0.05) is 6.07 Å². The van der Waals surface area contributed by atoms with Gasteiger partial charge in [0.2, 0.25) is 0 Å². The standard InChI is InChI=1S/C16H20F3NS/c1-21-14-3-2-11(7-13(14)16(17,18)19)6-12-4-5-15(8-12)9-20-10-15/h2-3,7,12,20H,4-6,8-10H2,1H3. The van der Waals surface area contributed by atoms with Crippen LogP contribution in [0.2, 0.25) is 0 Å². The van der Waals surface area contributed by atoms with Crippen LogP contribution in [0.1, 0.15) is 30.4 Å². The first-order chi connectivity index (χ1) is 9.92. The molecule has 1 aliphatic heterocycles. The lowest BCUT2D eigenvalue weighted by atomic mass is 9.79. The van der Waals surface area contributed by atoms with Gasteiger partial charge in [0, 0.05) is 18.0 Å². The van der Waals surface area contributed by atoms with E-state index in [0.29, 0.717) is 16.2 Å². The van der Waals surface area contributed by atoms with Crippen molar-refractivity contribution in [3.63, 3.8) is 0 Å². The Morgan fingerprint density at radius 1 is 1.33 bits per heavy atom. The average Bonchev–Trinajstić information content (AvgIpc) is 2.82. The fourth-order valence-electron chi connectivity index (χ4n) is 3.74. The largest absolute Gasteiger partial charge is 0.417 e. The first-order valence-electron chi connectivity index (χ1n) is 7.37. The van der Waals surface area contributed by atoms with E-state index in [1.54, 1.807) is 12.3 Å². The zero-order valence-electron chi connectivity index (χ0n) is 12.1. The van der Waals surface area contributed by atoms with Gasteiger partial charge in [0.15, 0.2) is 0 Å². The molecule has 1 aromatic rings. The molecule has 0 bridgehead atoms. The molecule has 1 nitrogen and oxygen atoms in total. The molecule has 1 aliphatic carbocycles. The molecule has 0 amide bonds. The lowest BCUT2D eigenvalue weighted by Crippen LogP contribution is -2.51. The van der Waals surface area contributed by atoms with Gasteiger partial charge in [-0.2, -0.15) is 13.2 Å². The van der Waals surface area contributed by atoms with Crippen molar-refractivity contribution in [2.45, 2.75) is 36.8 Å². The molecule has 1 heterocycles. The topological polar surface area (TPSA) is 12.0 Å². The van der Waals surface area contributed by atoms with Crippen LogP contribution in [0, 0.1) is 11.3 Å². The van der Waals surface area contributed by atoms with E-state index in [1.165, 1.54) is 12.5 Å². The van der Waals surface area contributed by atoms with Gasteiger partial charge in [-0.05, 0) is 61.0 Å². The zero-order chi connectivity index (χ0) is 15.1. The summed E-state index contributed by atoms with van der Waals surface area (Å²) in [4.78, 5) is 0.317. The Balaban J connectivity index is 1.74. The van der Waals surface area contributed by atoms with Crippen LogP contribution in [0.4, 0.5) is 13.2 Å². The molecular weight excluding hydrogens is 295 g/mol. The van der Waals surface area contributed by atoms with E-state index in [4.69, 9.17) is 0 Å². The van der Waals surface area contributed by atoms with Crippen molar-refractivity contribution in [1.82, 2.24) is 5.32 Å². The fraction of sp³-hybridized carbons (Fsp3) is 0.625. The first-order valence-corrected chi connectivity index (χ1v) is 8.59. The molecule has 2 fully saturated rings. The summed E-state index contributed by atoms with van der Waals surface area (Å²) in [7, 11) is 0. The molecule has 1 unspecified atom stereocenters. The van der Waals surface area contributed by atoms with Crippen molar-refractivity contribution < 1.29 is 13.2 Å².